The van der Waals surface area contributed by atoms with Crippen LogP contribution in [-0.2, 0) is 4.79 Å². The van der Waals surface area contributed by atoms with Crippen molar-refractivity contribution >= 4 is 23.3 Å². The lowest BCUT2D eigenvalue weighted by Gasteiger charge is -2.19. The van der Waals surface area contributed by atoms with Crippen LogP contribution >= 0.6 is 11.6 Å². The summed E-state index contributed by atoms with van der Waals surface area (Å²) in [6.45, 7) is 7.66. The lowest BCUT2D eigenvalue weighted by molar-refractivity contribution is -0.116. The minimum atomic E-state index is -0.223. The van der Waals surface area contributed by atoms with Crippen LogP contribution in [0.15, 0.2) is 47.3 Å². The Kier molecular flexibility index (Phi) is 6.18. The summed E-state index contributed by atoms with van der Waals surface area (Å²) < 4.78 is 1.64. The molecular formula is C23H24ClN3O2. The van der Waals surface area contributed by atoms with Crippen molar-refractivity contribution in [3.05, 3.63) is 74.5 Å². The molecule has 1 aromatic heterocycles. The maximum absolute atomic E-state index is 13.1. The minimum Gasteiger partial charge on any atom is -0.310 e. The molecular weight excluding hydrogens is 386 g/mol. The molecule has 0 unspecified atom stereocenters. The standard InChI is InChI=1S/C23H24ClN3O2/c1-5-6-20(28)25-23-21(17-8-10-18(24)11-9-17)22(29)16(4)26-27(23)19-12-7-14(2)15(3)13-19/h7-13H,5-6H2,1-4H3,(H,25,28). The number of hydrogen-bond acceptors (Lipinski definition) is 3. The average molecular weight is 410 g/mol. The first-order chi connectivity index (χ1) is 13.8. The van der Waals surface area contributed by atoms with Gasteiger partial charge in [-0.05, 0) is 68.1 Å². The summed E-state index contributed by atoms with van der Waals surface area (Å²) in [6, 6.07) is 12.9. The largest absolute Gasteiger partial charge is 0.310 e. The molecule has 0 saturated carbocycles. The molecule has 0 aliphatic heterocycles. The maximum atomic E-state index is 13.1. The Hall–Kier alpha value is -2.92. The lowest BCUT2D eigenvalue weighted by atomic mass is 10.0. The molecule has 0 fully saturated rings. The molecule has 1 heterocycles. The molecule has 1 amide bonds. The summed E-state index contributed by atoms with van der Waals surface area (Å²) in [5.74, 6) is 0.204. The monoisotopic (exact) mass is 409 g/mol. The summed E-state index contributed by atoms with van der Waals surface area (Å²) in [6.07, 6.45) is 1.06. The van der Waals surface area contributed by atoms with E-state index in [1.54, 1.807) is 35.9 Å². The number of anilines is 1. The molecule has 0 aliphatic rings. The molecule has 0 radical (unpaired) electrons. The Bertz CT molecular complexity index is 1120. The van der Waals surface area contributed by atoms with Crippen LogP contribution < -0.4 is 10.7 Å². The van der Waals surface area contributed by atoms with Gasteiger partial charge >= 0.3 is 0 Å². The zero-order valence-corrected chi connectivity index (χ0v) is 17.8. The third kappa shape index (κ3) is 4.40. The molecule has 0 aliphatic carbocycles. The number of amides is 1. The van der Waals surface area contributed by atoms with E-state index in [4.69, 9.17) is 11.6 Å². The van der Waals surface area contributed by atoms with E-state index in [9.17, 15) is 9.59 Å². The number of rotatable bonds is 5. The van der Waals surface area contributed by atoms with E-state index in [0.29, 0.717) is 40.5 Å². The summed E-state index contributed by atoms with van der Waals surface area (Å²) >= 11 is 6.03. The molecule has 6 heteroatoms. The van der Waals surface area contributed by atoms with Gasteiger partial charge in [-0.25, -0.2) is 4.68 Å². The smallest absolute Gasteiger partial charge is 0.225 e. The van der Waals surface area contributed by atoms with Crippen molar-refractivity contribution in [1.29, 1.82) is 0 Å². The molecule has 0 bridgehead atoms. The van der Waals surface area contributed by atoms with Gasteiger partial charge in [0.05, 0.1) is 11.3 Å². The lowest BCUT2D eigenvalue weighted by Crippen LogP contribution is -2.24. The highest BCUT2D eigenvalue weighted by molar-refractivity contribution is 6.30. The van der Waals surface area contributed by atoms with E-state index < -0.39 is 0 Å². The van der Waals surface area contributed by atoms with Gasteiger partial charge in [0.25, 0.3) is 0 Å². The number of carbonyl (C=O) groups is 1. The first-order valence-corrected chi connectivity index (χ1v) is 9.97. The van der Waals surface area contributed by atoms with Crippen LogP contribution in [0.2, 0.25) is 5.02 Å². The van der Waals surface area contributed by atoms with Gasteiger partial charge in [0, 0.05) is 11.4 Å². The summed E-state index contributed by atoms with van der Waals surface area (Å²) in [5.41, 5.74) is 4.23. The van der Waals surface area contributed by atoms with Gasteiger partial charge in [0.2, 0.25) is 11.3 Å². The molecule has 1 N–H and O–H groups in total. The van der Waals surface area contributed by atoms with Gasteiger partial charge in [-0.3, -0.25) is 9.59 Å². The number of nitrogens with zero attached hydrogens (tertiary/aromatic N) is 2. The maximum Gasteiger partial charge on any atom is 0.225 e. The number of aromatic nitrogens is 2. The quantitative estimate of drug-likeness (QED) is 0.628. The highest BCUT2D eigenvalue weighted by atomic mass is 35.5. The normalized spacial score (nSPS) is 10.8. The van der Waals surface area contributed by atoms with Crippen molar-refractivity contribution in [2.75, 3.05) is 5.32 Å². The molecule has 5 nitrogen and oxygen atoms in total. The van der Waals surface area contributed by atoms with Gasteiger partial charge < -0.3 is 5.32 Å². The van der Waals surface area contributed by atoms with Crippen LogP contribution in [0, 0.1) is 20.8 Å². The molecule has 0 saturated heterocycles. The van der Waals surface area contributed by atoms with E-state index in [2.05, 4.69) is 10.4 Å². The average Bonchev–Trinajstić information content (AvgIpc) is 2.68. The van der Waals surface area contributed by atoms with Crippen LogP contribution in [0.5, 0.6) is 0 Å². The second kappa shape index (κ2) is 8.62. The second-order valence-electron chi connectivity index (χ2n) is 7.12. The fraction of sp³-hybridized carbons (Fsp3) is 0.261. The Labute approximate surface area is 175 Å². The highest BCUT2D eigenvalue weighted by Crippen LogP contribution is 2.29. The zero-order valence-electron chi connectivity index (χ0n) is 17.0. The summed E-state index contributed by atoms with van der Waals surface area (Å²) in [4.78, 5) is 25.5. The zero-order chi connectivity index (χ0) is 21.1. The van der Waals surface area contributed by atoms with Crippen molar-refractivity contribution in [2.45, 2.75) is 40.5 Å². The van der Waals surface area contributed by atoms with E-state index in [1.807, 2.05) is 39.0 Å². The molecule has 29 heavy (non-hydrogen) atoms. The van der Waals surface area contributed by atoms with Crippen LogP contribution in [0.4, 0.5) is 5.82 Å². The number of halogens is 1. The van der Waals surface area contributed by atoms with Crippen molar-refractivity contribution in [3.8, 4) is 16.8 Å². The number of aryl methyl sites for hydroxylation is 3. The summed E-state index contributed by atoms with van der Waals surface area (Å²) in [7, 11) is 0. The third-order valence-corrected chi connectivity index (χ3v) is 5.11. The van der Waals surface area contributed by atoms with Crippen LogP contribution in [0.3, 0.4) is 0 Å². The molecule has 3 rings (SSSR count). The fourth-order valence-corrected chi connectivity index (χ4v) is 3.23. The SMILES string of the molecule is CCCC(=O)Nc1c(-c2ccc(Cl)cc2)c(=O)c(C)nn1-c1ccc(C)c(C)c1. The van der Waals surface area contributed by atoms with Crippen molar-refractivity contribution in [2.24, 2.45) is 0 Å². The minimum absolute atomic E-state index is 0.162. The van der Waals surface area contributed by atoms with Gasteiger partial charge in [-0.15, -0.1) is 0 Å². The van der Waals surface area contributed by atoms with Crippen LogP contribution in [-0.4, -0.2) is 15.7 Å². The fourth-order valence-electron chi connectivity index (χ4n) is 3.11. The Balaban J connectivity index is 2.32. The van der Waals surface area contributed by atoms with Gasteiger partial charge in [0.1, 0.15) is 11.5 Å². The number of hydrogen-bond donors (Lipinski definition) is 1. The van der Waals surface area contributed by atoms with E-state index in [-0.39, 0.29) is 11.3 Å². The first kappa shape index (κ1) is 20.8. The third-order valence-electron chi connectivity index (χ3n) is 4.86. The van der Waals surface area contributed by atoms with Crippen LogP contribution in [0.1, 0.15) is 36.6 Å². The van der Waals surface area contributed by atoms with Crippen molar-refractivity contribution in [3.63, 3.8) is 0 Å². The van der Waals surface area contributed by atoms with Gasteiger partial charge in [0.15, 0.2) is 0 Å². The van der Waals surface area contributed by atoms with Gasteiger partial charge in [-0.1, -0.05) is 36.7 Å². The molecule has 2 aromatic carbocycles. The first-order valence-electron chi connectivity index (χ1n) is 9.59. The summed E-state index contributed by atoms with van der Waals surface area (Å²) in [5, 5.41) is 7.99. The highest BCUT2D eigenvalue weighted by Gasteiger charge is 2.20. The van der Waals surface area contributed by atoms with Crippen LogP contribution in [0.25, 0.3) is 16.8 Å². The predicted molar refractivity (Wildman–Crippen MR) is 118 cm³/mol. The molecule has 0 atom stereocenters. The van der Waals surface area contributed by atoms with Gasteiger partial charge in [-0.2, -0.15) is 5.10 Å². The topological polar surface area (TPSA) is 64.0 Å². The Morgan fingerprint density at radius 3 is 2.38 bits per heavy atom. The Morgan fingerprint density at radius 1 is 1.07 bits per heavy atom. The number of benzene rings is 2. The second-order valence-corrected chi connectivity index (χ2v) is 7.56. The molecule has 0 spiro atoms. The predicted octanol–water partition coefficient (Wildman–Crippen LogP) is 5.22. The molecule has 3 aromatic rings. The number of carbonyl (C=O) groups excluding carboxylic acids is 1. The van der Waals surface area contributed by atoms with E-state index in [0.717, 1.165) is 16.8 Å². The van der Waals surface area contributed by atoms with Crippen molar-refractivity contribution < 1.29 is 4.79 Å². The van der Waals surface area contributed by atoms with E-state index >= 15 is 0 Å². The molecule has 150 valence electrons. The number of nitrogens with one attached hydrogen (secondary N) is 1. The Morgan fingerprint density at radius 2 is 1.76 bits per heavy atom. The van der Waals surface area contributed by atoms with E-state index in [1.165, 1.54) is 0 Å². The van der Waals surface area contributed by atoms with Crippen molar-refractivity contribution in [1.82, 2.24) is 9.78 Å².